The van der Waals surface area contributed by atoms with Crippen LogP contribution in [0, 0.1) is 11.6 Å². The number of hydrogen-bond donors (Lipinski definition) is 2. The van der Waals surface area contributed by atoms with Gasteiger partial charge in [0, 0.05) is 36.5 Å². The Hall–Kier alpha value is -3.41. The number of allylic oxidation sites excluding steroid dienone is 3. The average Bonchev–Trinajstić information content (AvgIpc) is 3.16. The lowest BCUT2D eigenvalue weighted by molar-refractivity contribution is -0.0928. The SMILES string of the molecule is CCOCCCN=C(N=C1NN=C2C=C(C(F)(F)F)CC=C21)NC(=O)c1ccc(F)c(F)c1. The molecule has 2 N–H and O–H groups in total. The summed E-state index contributed by atoms with van der Waals surface area (Å²) < 4.78 is 70.7. The van der Waals surface area contributed by atoms with E-state index in [0.29, 0.717) is 25.2 Å². The molecule has 1 aromatic rings. The second kappa shape index (κ2) is 10.5. The molecule has 1 heterocycles. The van der Waals surface area contributed by atoms with E-state index >= 15 is 0 Å². The molecule has 0 unspecified atom stereocenters. The number of alkyl halides is 3. The van der Waals surface area contributed by atoms with E-state index in [4.69, 9.17) is 4.74 Å². The van der Waals surface area contributed by atoms with E-state index in [0.717, 1.165) is 24.3 Å². The first-order chi connectivity index (χ1) is 15.7. The van der Waals surface area contributed by atoms with Gasteiger partial charge in [-0.25, -0.2) is 8.78 Å². The van der Waals surface area contributed by atoms with Crippen molar-refractivity contribution in [3.8, 4) is 0 Å². The van der Waals surface area contributed by atoms with Gasteiger partial charge in [-0.1, -0.05) is 6.08 Å². The Labute approximate surface area is 185 Å². The molecule has 1 aromatic carbocycles. The van der Waals surface area contributed by atoms with E-state index in [2.05, 4.69) is 25.8 Å². The van der Waals surface area contributed by atoms with Crippen molar-refractivity contribution in [1.29, 1.82) is 0 Å². The summed E-state index contributed by atoms with van der Waals surface area (Å²) in [7, 11) is 0. The number of nitrogens with one attached hydrogen (secondary N) is 2. The van der Waals surface area contributed by atoms with Gasteiger partial charge in [-0.2, -0.15) is 23.3 Å². The summed E-state index contributed by atoms with van der Waals surface area (Å²) in [5.41, 5.74) is 2.00. The van der Waals surface area contributed by atoms with E-state index < -0.39 is 29.3 Å². The molecular formula is C21H20F5N5O2. The molecule has 0 aromatic heterocycles. The number of ether oxygens (including phenoxy) is 1. The number of aliphatic imine (C=N–C) groups is 2. The number of halogens is 5. The molecule has 1 aliphatic heterocycles. The van der Waals surface area contributed by atoms with E-state index in [1.807, 2.05) is 6.92 Å². The van der Waals surface area contributed by atoms with Crippen LogP contribution in [-0.4, -0.2) is 49.3 Å². The molecule has 0 atom stereocenters. The van der Waals surface area contributed by atoms with Crippen molar-refractivity contribution in [1.82, 2.24) is 10.7 Å². The number of guanidine groups is 1. The van der Waals surface area contributed by atoms with Crippen molar-refractivity contribution in [2.24, 2.45) is 15.1 Å². The highest BCUT2D eigenvalue weighted by Crippen LogP contribution is 2.32. The number of fused-ring (bicyclic) bond motifs is 1. The highest BCUT2D eigenvalue weighted by Gasteiger charge is 2.36. The van der Waals surface area contributed by atoms with Gasteiger partial charge in [0.15, 0.2) is 17.5 Å². The normalized spacial score (nSPS) is 17.2. The number of hydrogen-bond acceptors (Lipinski definition) is 4. The van der Waals surface area contributed by atoms with Gasteiger partial charge in [-0.15, -0.1) is 0 Å². The molecule has 0 radical (unpaired) electrons. The maximum atomic E-state index is 13.5. The van der Waals surface area contributed by atoms with Crippen LogP contribution in [0.25, 0.3) is 0 Å². The Bertz CT molecular complexity index is 1070. The number of rotatable bonds is 6. The van der Waals surface area contributed by atoms with Crippen LogP contribution in [-0.2, 0) is 4.74 Å². The number of hydrazone groups is 1. The second-order valence-electron chi connectivity index (χ2n) is 6.90. The molecule has 1 aliphatic carbocycles. The lowest BCUT2D eigenvalue weighted by Crippen LogP contribution is -2.32. The molecule has 0 spiro atoms. The fourth-order valence-electron chi connectivity index (χ4n) is 2.90. The summed E-state index contributed by atoms with van der Waals surface area (Å²) in [6.45, 7) is 3.00. The third-order valence-corrected chi connectivity index (χ3v) is 4.55. The van der Waals surface area contributed by atoms with Crippen LogP contribution in [0.15, 0.2) is 56.6 Å². The van der Waals surface area contributed by atoms with Gasteiger partial charge in [-0.3, -0.25) is 20.5 Å². The summed E-state index contributed by atoms with van der Waals surface area (Å²) in [4.78, 5) is 20.9. The van der Waals surface area contributed by atoms with Crippen molar-refractivity contribution in [2.75, 3.05) is 19.8 Å². The van der Waals surface area contributed by atoms with Gasteiger partial charge < -0.3 is 4.74 Å². The third-order valence-electron chi connectivity index (χ3n) is 4.55. The molecule has 2 aliphatic rings. The van der Waals surface area contributed by atoms with Gasteiger partial charge in [-0.05, 0) is 44.0 Å². The predicted molar refractivity (Wildman–Crippen MR) is 112 cm³/mol. The summed E-state index contributed by atoms with van der Waals surface area (Å²) in [6.07, 6.45) is -2.08. The van der Waals surface area contributed by atoms with Crippen molar-refractivity contribution >= 4 is 23.4 Å². The maximum Gasteiger partial charge on any atom is 0.413 e. The highest BCUT2D eigenvalue weighted by molar-refractivity contribution is 6.32. The van der Waals surface area contributed by atoms with E-state index in [1.54, 1.807) is 0 Å². The molecular weight excluding hydrogens is 449 g/mol. The maximum absolute atomic E-state index is 13.5. The van der Waals surface area contributed by atoms with Crippen LogP contribution >= 0.6 is 0 Å². The van der Waals surface area contributed by atoms with Crippen molar-refractivity contribution in [3.05, 3.63) is 58.7 Å². The molecule has 33 heavy (non-hydrogen) atoms. The van der Waals surface area contributed by atoms with Gasteiger partial charge in [0.05, 0.1) is 5.71 Å². The zero-order valence-electron chi connectivity index (χ0n) is 17.5. The Morgan fingerprint density at radius 3 is 2.76 bits per heavy atom. The Morgan fingerprint density at radius 1 is 1.27 bits per heavy atom. The topological polar surface area (TPSA) is 87.4 Å². The monoisotopic (exact) mass is 469 g/mol. The summed E-state index contributed by atoms with van der Waals surface area (Å²) in [5.74, 6) is -3.17. The summed E-state index contributed by atoms with van der Waals surface area (Å²) >= 11 is 0. The largest absolute Gasteiger partial charge is 0.413 e. The summed E-state index contributed by atoms with van der Waals surface area (Å²) in [5, 5.41) is 6.25. The average molecular weight is 469 g/mol. The fourth-order valence-corrected chi connectivity index (χ4v) is 2.90. The Morgan fingerprint density at radius 2 is 2.06 bits per heavy atom. The smallest absolute Gasteiger partial charge is 0.382 e. The molecule has 0 fully saturated rings. The molecule has 0 saturated heterocycles. The predicted octanol–water partition coefficient (Wildman–Crippen LogP) is 3.65. The molecule has 176 valence electrons. The molecule has 0 bridgehead atoms. The number of benzene rings is 1. The number of carbonyl (C=O) groups excluding carboxylic acids is 1. The lowest BCUT2D eigenvalue weighted by atomic mass is 9.97. The van der Waals surface area contributed by atoms with E-state index in [9.17, 15) is 26.7 Å². The van der Waals surface area contributed by atoms with Crippen molar-refractivity contribution in [3.63, 3.8) is 0 Å². The lowest BCUT2D eigenvalue weighted by Gasteiger charge is -2.14. The first kappa shape index (κ1) is 24.2. The summed E-state index contributed by atoms with van der Waals surface area (Å²) in [6, 6.07) is 2.63. The number of carbonyl (C=O) groups is 1. The van der Waals surface area contributed by atoms with Crippen molar-refractivity contribution in [2.45, 2.75) is 25.9 Å². The minimum atomic E-state index is -4.48. The van der Waals surface area contributed by atoms with Crippen LogP contribution in [0.3, 0.4) is 0 Å². The van der Waals surface area contributed by atoms with Crippen LogP contribution in [0.5, 0.6) is 0 Å². The minimum Gasteiger partial charge on any atom is -0.382 e. The number of amides is 1. The van der Waals surface area contributed by atoms with Gasteiger partial charge in [0.25, 0.3) is 5.91 Å². The van der Waals surface area contributed by atoms with E-state index in [1.165, 1.54) is 6.08 Å². The van der Waals surface area contributed by atoms with Crippen LogP contribution < -0.4 is 10.7 Å². The molecule has 0 saturated carbocycles. The fraction of sp³-hybridized carbons (Fsp3) is 0.333. The standard InChI is InChI=1S/C21H20F5N5O2/c1-2-33-9-3-8-27-20(29-19(32)12-4-7-15(22)16(23)10-12)28-18-14-6-5-13(21(24,25)26)11-17(14)30-31-18/h4,6-7,10-11H,2-3,5,8-9H2,1H3,(H2,27,28,29,31,32). The van der Waals surface area contributed by atoms with Gasteiger partial charge in [0.1, 0.15) is 0 Å². The first-order valence-corrected chi connectivity index (χ1v) is 9.98. The first-order valence-electron chi connectivity index (χ1n) is 9.98. The van der Waals surface area contributed by atoms with Crippen LogP contribution in [0.1, 0.15) is 30.1 Å². The zero-order chi connectivity index (χ0) is 24.0. The third kappa shape index (κ3) is 6.31. The molecule has 1 amide bonds. The molecule has 12 heteroatoms. The Kier molecular flexibility index (Phi) is 7.69. The van der Waals surface area contributed by atoms with Crippen molar-refractivity contribution < 1.29 is 31.5 Å². The van der Waals surface area contributed by atoms with E-state index in [-0.39, 0.29) is 36.0 Å². The number of nitrogens with zero attached hydrogens (tertiary/aromatic N) is 3. The quantitative estimate of drug-likeness (QED) is 0.289. The molecule has 3 rings (SSSR count). The van der Waals surface area contributed by atoms with Gasteiger partial charge >= 0.3 is 6.18 Å². The zero-order valence-corrected chi connectivity index (χ0v) is 17.5. The van der Waals surface area contributed by atoms with Crippen LogP contribution in [0.2, 0.25) is 0 Å². The molecule has 7 nitrogen and oxygen atoms in total. The van der Waals surface area contributed by atoms with Gasteiger partial charge in [0.2, 0.25) is 5.96 Å². The second-order valence-corrected chi connectivity index (χ2v) is 6.90. The number of amidine groups is 1. The minimum absolute atomic E-state index is 0.0509. The van der Waals surface area contributed by atoms with Crippen LogP contribution in [0.4, 0.5) is 22.0 Å². The Balaban J connectivity index is 1.79. The highest BCUT2D eigenvalue weighted by atomic mass is 19.4.